The lowest BCUT2D eigenvalue weighted by Gasteiger charge is -2.05. The second kappa shape index (κ2) is 10.4. The molecule has 0 aromatic carbocycles. The third kappa shape index (κ3) is 7.26. The fourth-order valence-corrected chi connectivity index (χ4v) is 2.06. The molecule has 1 heterocycles. The molecule has 5 heteroatoms. The van der Waals surface area contributed by atoms with Crippen molar-refractivity contribution in [3.63, 3.8) is 0 Å². The molecular formula is C15H27N3O2. The lowest BCUT2D eigenvalue weighted by Crippen LogP contribution is -2.09. The maximum absolute atomic E-state index is 11.5. The van der Waals surface area contributed by atoms with Gasteiger partial charge >= 0.3 is 5.97 Å². The van der Waals surface area contributed by atoms with E-state index in [9.17, 15) is 4.79 Å². The van der Waals surface area contributed by atoms with Gasteiger partial charge in [-0.25, -0.2) is 0 Å². The van der Waals surface area contributed by atoms with Crippen molar-refractivity contribution < 1.29 is 9.53 Å². The largest absolute Gasteiger partial charge is 0.466 e. The quantitative estimate of drug-likeness (QED) is 0.462. The molecule has 0 N–H and O–H groups in total. The molecule has 1 rings (SSSR count). The maximum atomic E-state index is 11.5. The summed E-state index contributed by atoms with van der Waals surface area (Å²) in [6, 6.07) is 0. The number of carbonyl (C=O) groups excluding carboxylic acids is 1. The Labute approximate surface area is 121 Å². The van der Waals surface area contributed by atoms with Gasteiger partial charge in [-0.3, -0.25) is 4.79 Å². The lowest BCUT2D eigenvalue weighted by atomic mass is 10.1. The number of carbonyl (C=O) groups is 1. The van der Waals surface area contributed by atoms with Crippen LogP contribution in [0.2, 0.25) is 0 Å². The Morgan fingerprint density at radius 2 is 1.90 bits per heavy atom. The van der Waals surface area contributed by atoms with Crippen LogP contribution < -0.4 is 0 Å². The van der Waals surface area contributed by atoms with Crippen LogP contribution in [0, 0.1) is 0 Å². The number of unbranched alkanes of at least 4 members (excludes halogenated alkanes) is 6. The molecule has 114 valence electrons. The molecule has 0 saturated carbocycles. The first-order valence-electron chi connectivity index (χ1n) is 7.72. The summed E-state index contributed by atoms with van der Waals surface area (Å²) in [7, 11) is 1.87. The third-order valence-corrected chi connectivity index (χ3v) is 3.37. The lowest BCUT2D eigenvalue weighted by molar-refractivity contribution is -0.143. The van der Waals surface area contributed by atoms with Crippen LogP contribution in [0.1, 0.15) is 64.1 Å². The van der Waals surface area contributed by atoms with Crippen molar-refractivity contribution >= 4 is 5.97 Å². The van der Waals surface area contributed by atoms with Gasteiger partial charge in [-0.15, -0.1) is 10.2 Å². The number of hydrogen-bond donors (Lipinski definition) is 0. The van der Waals surface area contributed by atoms with Crippen LogP contribution in [0.15, 0.2) is 6.33 Å². The van der Waals surface area contributed by atoms with Crippen molar-refractivity contribution in [3.8, 4) is 0 Å². The van der Waals surface area contributed by atoms with E-state index in [4.69, 9.17) is 4.74 Å². The van der Waals surface area contributed by atoms with E-state index in [0.29, 0.717) is 19.4 Å². The Hall–Kier alpha value is -1.39. The smallest absolute Gasteiger partial charge is 0.306 e. The fraction of sp³-hybridized carbons (Fsp3) is 0.800. The minimum absolute atomic E-state index is 0.140. The maximum Gasteiger partial charge on any atom is 0.306 e. The summed E-state index contributed by atoms with van der Waals surface area (Å²) in [5.41, 5.74) is 0. The van der Waals surface area contributed by atoms with E-state index in [2.05, 4.69) is 17.1 Å². The topological polar surface area (TPSA) is 57.0 Å². The molecule has 1 aromatic heterocycles. The predicted octanol–water partition coefficient (Wildman–Crippen LogP) is 3.04. The van der Waals surface area contributed by atoms with Crippen LogP contribution in [-0.2, 0) is 23.0 Å². The van der Waals surface area contributed by atoms with Gasteiger partial charge < -0.3 is 9.30 Å². The summed E-state index contributed by atoms with van der Waals surface area (Å²) >= 11 is 0. The molecule has 0 fully saturated rings. The molecule has 0 unspecified atom stereocenters. The van der Waals surface area contributed by atoms with Crippen molar-refractivity contribution in [1.82, 2.24) is 14.8 Å². The number of nitrogens with zero attached hydrogens (tertiary/aromatic N) is 3. The Balaban J connectivity index is 1.94. The van der Waals surface area contributed by atoms with E-state index in [1.54, 1.807) is 6.33 Å². The van der Waals surface area contributed by atoms with Gasteiger partial charge in [0.05, 0.1) is 13.0 Å². The van der Waals surface area contributed by atoms with Gasteiger partial charge in [0.2, 0.25) is 0 Å². The first kappa shape index (κ1) is 16.7. The SMILES string of the molecule is CCCCCCCCCOC(=O)CCc1nncn1C. The van der Waals surface area contributed by atoms with E-state index < -0.39 is 0 Å². The second-order valence-corrected chi connectivity index (χ2v) is 5.20. The Bertz CT molecular complexity index is 377. The average molecular weight is 281 g/mol. The summed E-state index contributed by atoms with van der Waals surface area (Å²) < 4.78 is 7.03. The van der Waals surface area contributed by atoms with Crippen molar-refractivity contribution in [1.29, 1.82) is 0 Å². The molecule has 0 aliphatic rings. The van der Waals surface area contributed by atoms with Crippen LogP contribution in [0.3, 0.4) is 0 Å². The fourth-order valence-electron chi connectivity index (χ4n) is 2.06. The standard InChI is InChI=1S/C15H27N3O2/c1-3-4-5-6-7-8-9-12-20-15(19)11-10-14-17-16-13-18(14)2/h13H,3-12H2,1-2H3. The minimum atomic E-state index is -0.140. The highest BCUT2D eigenvalue weighted by Crippen LogP contribution is 2.07. The van der Waals surface area contributed by atoms with Gasteiger partial charge in [0, 0.05) is 13.5 Å². The Kier molecular flexibility index (Phi) is 8.67. The average Bonchev–Trinajstić information content (AvgIpc) is 2.85. The van der Waals surface area contributed by atoms with E-state index in [1.807, 2.05) is 11.6 Å². The molecule has 0 atom stereocenters. The van der Waals surface area contributed by atoms with E-state index >= 15 is 0 Å². The van der Waals surface area contributed by atoms with Gasteiger partial charge in [0.15, 0.2) is 0 Å². The summed E-state index contributed by atoms with van der Waals surface area (Å²) in [6.07, 6.45) is 11.2. The van der Waals surface area contributed by atoms with Gasteiger partial charge in [-0.1, -0.05) is 45.4 Å². The highest BCUT2D eigenvalue weighted by Gasteiger charge is 2.06. The van der Waals surface area contributed by atoms with Crippen molar-refractivity contribution in [2.75, 3.05) is 6.61 Å². The number of aromatic nitrogens is 3. The van der Waals surface area contributed by atoms with Crippen molar-refractivity contribution in [2.45, 2.75) is 64.7 Å². The normalized spacial score (nSPS) is 10.7. The van der Waals surface area contributed by atoms with Crippen LogP contribution in [0.4, 0.5) is 0 Å². The van der Waals surface area contributed by atoms with E-state index in [1.165, 1.54) is 32.1 Å². The minimum Gasteiger partial charge on any atom is -0.466 e. The number of esters is 1. The number of hydrogen-bond acceptors (Lipinski definition) is 4. The zero-order chi connectivity index (χ0) is 14.6. The van der Waals surface area contributed by atoms with Gasteiger partial charge in [0.25, 0.3) is 0 Å². The number of rotatable bonds is 11. The highest BCUT2D eigenvalue weighted by molar-refractivity contribution is 5.69. The third-order valence-electron chi connectivity index (χ3n) is 3.37. The molecule has 20 heavy (non-hydrogen) atoms. The summed E-state index contributed by atoms with van der Waals surface area (Å²) in [6.45, 7) is 2.77. The van der Waals surface area contributed by atoms with Crippen molar-refractivity contribution in [2.24, 2.45) is 7.05 Å². The van der Waals surface area contributed by atoms with Gasteiger partial charge in [-0.05, 0) is 6.42 Å². The molecule has 0 spiro atoms. The van der Waals surface area contributed by atoms with Crippen LogP contribution in [0.5, 0.6) is 0 Å². The number of aryl methyl sites for hydroxylation is 2. The summed E-state index contributed by atoms with van der Waals surface area (Å²) in [5.74, 6) is 0.678. The molecule has 0 bridgehead atoms. The summed E-state index contributed by atoms with van der Waals surface area (Å²) in [5, 5.41) is 7.72. The Morgan fingerprint density at radius 3 is 2.55 bits per heavy atom. The zero-order valence-electron chi connectivity index (χ0n) is 12.8. The van der Waals surface area contributed by atoms with E-state index in [0.717, 1.165) is 18.7 Å². The molecular weight excluding hydrogens is 254 g/mol. The Morgan fingerprint density at radius 1 is 1.20 bits per heavy atom. The zero-order valence-corrected chi connectivity index (χ0v) is 12.8. The number of ether oxygens (including phenoxy) is 1. The van der Waals surface area contributed by atoms with Gasteiger partial charge in [-0.2, -0.15) is 0 Å². The second-order valence-electron chi connectivity index (χ2n) is 5.20. The molecule has 1 aromatic rings. The first-order valence-corrected chi connectivity index (χ1v) is 7.72. The van der Waals surface area contributed by atoms with Crippen LogP contribution >= 0.6 is 0 Å². The monoisotopic (exact) mass is 281 g/mol. The van der Waals surface area contributed by atoms with Crippen molar-refractivity contribution in [3.05, 3.63) is 12.2 Å². The van der Waals surface area contributed by atoms with E-state index in [-0.39, 0.29) is 5.97 Å². The molecule has 0 aliphatic carbocycles. The molecule has 5 nitrogen and oxygen atoms in total. The highest BCUT2D eigenvalue weighted by atomic mass is 16.5. The van der Waals surface area contributed by atoms with Crippen LogP contribution in [0.25, 0.3) is 0 Å². The molecule has 0 aliphatic heterocycles. The van der Waals surface area contributed by atoms with Crippen LogP contribution in [-0.4, -0.2) is 27.3 Å². The first-order chi connectivity index (χ1) is 9.74. The molecule has 0 saturated heterocycles. The van der Waals surface area contributed by atoms with Gasteiger partial charge in [0.1, 0.15) is 12.2 Å². The molecule has 0 amide bonds. The predicted molar refractivity (Wildman–Crippen MR) is 78.3 cm³/mol. The molecule has 0 radical (unpaired) electrons. The summed E-state index contributed by atoms with van der Waals surface area (Å²) in [4.78, 5) is 11.5.